The van der Waals surface area contributed by atoms with Gasteiger partial charge in [0.1, 0.15) is 0 Å². The van der Waals surface area contributed by atoms with Crippen molar-refractivity contribution in [3.63, 3.8) is 0 Å². The first kappa shape index (κ1) is 13.8. The van der Waals surface area contributed by atoms with E-state index in [9.17, 15) is 4.79 Å². The highest BCUT2D eigenvalue weighted by molar-refractivity contribution is 7.07. The van der Waals surface area contributed by atoms with E-state index in [1.807, 2.05) is 0 Å². The van der Waals surface area contributed by atoms with Gasteiger partial charge in [-0.2, -0.15) is 11.3 Å². The quantitative estimate of drug-likeness (QED) is 0.799. The van der Waals surface area contributed by atoms with Crippen LogP contribution in [-0.2, 0) is 4.79 Å². The molecule has 1 fully saturated rings. The first-order valence-corrected chi connectivity index (χ1v) is 8.40. The summed E-state index contributed by atoms with van der Waals surface area (Å²) in [5.74, 6) is 0.577. The second-order valence-electron chi connectivity index (χ2n) is 5.73. The van der Waals surface area contributed by atoms with E-state index in [4.69, 9.17) is 0 Å². The molecule has 0 aromatic carbocycles. The second-order valence-corrected chi connectivity index (χ2v) is 6.51. The largest absolute Gasteiger partial charge is 0.340 e. The lowest BCUT2D eigenvalue weighted by Crippen LogP contribution is -2.50. The van der Waals surface area contributed by atoms with E-state index >= 15 is 0 Å². The minimum atomic E-state index is 0.218. The van der Waals surface area contributed by atoms with E-state index in [1.165, 1.54) is 5.56 Å². The zero-order valence-corrected chi connectivity index (χ0v) is 12.8. The Labute approximate surface area is 124 Å². The van der Waals surface area contributed by atoms with Crippen LogP contribution < -0.4 is 0 Å². The minimum absolute atomic E-state index is 0.218. The summed E-state index contributed by atoms with van der Waals surface area (Å²) < 4.78 is 0. The van der Waals surface area contributed by atoms with Gasteiger partial charge in [0.25, 0.3) is 0 Å². The average Bonchev–Trinajstić information content (AvgIpc) is 3.18. The molecule has 108 valence electrons. The predicted molar refractivity (Wildman–Crippen MR) is 82.8 cm³/mol. The normalized spacial score (nSPS) is 22.4. The molecule has 1 aromatic rings. The monoisotopic (exact) mass is 290 g/mol. The third-order valence-electron chi connectivity index (χ3n) is 4.56. The highest BCUT2D eigenvalue weighted by Crippen LogP contribution is 2.25. The molecule has 4 heteroatoms. The van der Waals surface area contributed by atoms with E-state index < -0.39 is 0 Å². The van der Waals surface area contributed by atoms with E-state index in [-0.39, 0.29) is 5.92 Å². The summed E-state index contributed by atoms with van der Waals surface area (Å²) in [6.07, 6.45) is 6.14. The van der Waals surface area contributed by atoms with Crippen LogP contribution in [0.25, 0.3) is 0 Å². The number of nitrogens with zero attached hydrogens (tertiary/aromatic N) is 2. The van der Waals surface area contributed by atoms with Crippen molar-refractivity contribution in [2.24, 2.45) is 5.92 Å². The van der Waals surface area contributed by atoms with Crippen molar-refractivity contribution in [2.75, 3.05) is 26.2 Å². The van der Waals surface area contributed by atoms with Gasteiger partial charge in [0, 0.05) is 38.1 Å². The van der Waals surface area contributed by atoms with Gasteiger partial charge < -0.3 is 4.90 Å². The first-order valence-electron chi connectivity index (χ1n) is 7.45. The molecule has 0 unspecified atom stereocenters. The zero-order valence-electron chi connectivity index (χ0n) is 12.0. The summed E-state index contributed by atoms with van der Waals surface area (Å²) in [7, 11) is 0. The molecule has 2 aliphatic rings. The number of amides is 1. The van der Waals surface area contributed by atoms with E-state index in [0.717, 1.165) is 39.0 Å². The molecule has 20 heavy (non-hydrogen) atoms. The van der Waals surface area contributed by atoms with Crippen molar-refractivity contribution in [3.05, 3.63) is 34.5 Å². The summed E-state index contributed by atoms with van der Waals surface area (Å²) in [5, 5.41) is 4.37. The van der Waals surface area contributed by atoms with Gasteiger partial charge in [-0.1, -0.05) is 12.2 Å². The molecule has 1 aliphatic carbocycles. The second kappa shape index (κ2) is 6.10. The van der Waals surface area contributed by atoms with Crippen LogP contribution in [0.2, 0.25) is 0 Å². The Morgan fingerprint density at radius 1 is 1.25 bits per heavy atom. The molecular formula is C16H22N2OS. The van der Waals surface area contributed by atoms with Gasteiger partial charge in [-0.3, -0.25) is 9.69 Å². The molecule has 1 amide bonds. The Balaban J connectivity index is 1.53. The Morgan fingerprint density at radius 3 is 2.55 bits per heavy atom. The van der Waals surface area contributed by atoms with Crippen molar-refractivity contribution in [1.82, 2.24) is 9.80 Å². The van der Waals surface area contributed by atoms with Crippen LogP contribution in [0.15, 0.2) is 29.0 Å². The molecule has 0 bridgehead atoms. The fourth-order valence-electron chi connectivity index (χ4n) is 3.13. The summed E-state index contributed by atoms with van der Waals surface area (Å²) in [4.78, 5) is 16.9. The Hall–Kier alpha value is -1.13. The first-order chi connectivity index (χ1) is 9.75. The average molecular weight is 290 g/mol. The Morgan fingerprint density at radius 2 is 1.95 bits per heavy atom. The molecule has 0 saturated carbocycles. The van der Waals surface area contributed by atoms with Gasteiger partial charge in [-0.05, 0) is 42.2 Å². The third kappa shape index (κ3) is 2.81. The van der Waals surface area contributed by atoms with Crippen molar-refractivity contribution >= 4 is 17.2 Å². The van der Waals surface area contributed by atoms with Crippen molar-refractivity contribution in [3.8, 4) is 0 Å². The van der Waals surface area contributed by atoms with Crippen LogP contribution in [0.4, 0.5) is 0 Å². The van der Waals surface area contributed by atoms with E-state index in [2.05, 4.69) is 45.7 Å². The summed E-state index contributed by atoms with van der Waals surface area (Å²) in [6, 6.07) is 2.67. The number of allylic oxidation sites excluding steroid dienone is 2. The van der Waals surface area contributed by atoms with E-state index in [1.54, 1.807) is 11.3 Å². The summed E-state index contributed by atoms with van der Waals surface area (Å²) in [5.41, 5.74) is 1.40. The predicted octanol–water partition coefficient (Wildman–Crippen LogP) is 2.92. The number of hydrogen-bond donors (Lipinski definition) is 0. The van der Waals surface area contributed by atoms with Gasteiger partial charge in [0.15, 0.2) is 0 Å². The minimum Gasteiger partial charge on any atom is -0.340 e. The lowest BCUT2D eigenvalue weighted by atomic mass is 10.0. The highest BCUT2D eigenvalue weighted by atomic mass is 32.1. The van der Waals surface area contributed by atoms with Gasteiger partial charge in [0.2, 0.25) is 5.91 Å². The molecule has 0 spiro atoms. The maximum absolute atomic E-state index is 12.4. The molecule has 2 heterocycles. The van der Waals surface area contributed by atoms with Crippen LogP contribution in [0.5, 0.6) is 0 Å². The molecule has 0 N–H and O–H groups in total. The van der Waals surface area contributed by atoms with Crippen molar-refractivity contribution in [1.29, 1.82) is 0 Å². The van der Waals surface area contributed by atoms with Crippen LogP contribution in [0.3, 0.4) is 0 Å². The molecule has 1 aliphatic heterocycles. The van der Waals surface area contributed by atoms with Gasteiger partial charge in [-0.25, -0.2) is 0 Å². The van der Waals surface area contributed by atoms with Crippen LogP contribution >= 0.6 is 11.3 Å². The maximum atomic E-state index is 12.4. The van der Waals surface area contributed by atoms with E-state index in [0.29, 0.717) is 11.9 Å². The zero-order chi connectivity index (χ0) is 13.9. The van der Waals surface area contributed by atoms with Crippen LogP contribution in [0.1, 0.15) is 31.4 Å². The number of carbonyl (C=O) groups excluding carboxylic acids is 1. The van der Waals surface area contributed by atoms with Crippen LogP contribution in [0, 0.1) is 5.92 Å². The van der Waals surface area contributed by atoms with Crippen molar-refractivity contribution in [2.45, 2.75) is 25.8 Å². The summed E-state index contributed by atoms with van der Waals surface area (Å²) >= 11 is 1.76. The molecule has 1 aromatic heterocycles. The van der Waals surface area contributed by atoms with Gasteiger partial charge in [0.05, 0.1) is 0 Å². The topological polar surface area (TPSA) is 23.6 Å². The Kier molecular flexibility index (Phi) is 4.22. The number of piperazine rings is 1. The Bertz CT molecular complexity index is 467. The molecule has 3 rings (SSSR count). The fraction of sp³-hybridized carbons (Fsp3) is 0.562. The molecule has 1 atom stereocenters. The molecule has 3 nitrogen and oxygen atoms in total. The molecule has 1 saturated heterocycles. The smallest absolute Gasteiger partial charge is 0.226 e. The van der Waals surface area contributed by atoms with Gasteiger partial charge >= 0.3 is 0 Å². The highest BCUT2D eigenvalue weighted by Gasteiger charge is 2.29. The lowest BCUT2D eigenvalue weighted by Gasteiger charge is -2.38. The maximum Gasteiger partial charge on any atom is 0.226 e. The van der Waals surface area contributed by atoms with Crippen LogP contribution in [-0.4, -0.2) is 41.9 Å². The summed E-state index contributed by atoms with van der Waals surface area (Å²) in [6.45, 7) is 6.00. The number of carbonyl (C=O) groups is 1. The van der Waals surface area contributed by atoms with Gasteiger partial charge in [-0.15, -0.1) is 0 Å². The number of thiophene rings is 1. The molecular weight excluding hydrogens is 268 g/mol. The third-order valence-corrected chi connectivity index (χ3v) is 5.26. The number of hydrogen-bond acceptors (Lipinski definition) is 3. The standard InChI is InChI=1S/C16H22N2OS/c1-13(15-6-11-20-12-15)17-7-9-18(10-8-17)16(19)14-4-2-3-5-14/h2-3,6,11-14H,4-5,7-10H2,1H3/t13-/m1/s1. The molecule has 0 radical (unpaired) electrons. The van der Waals surface area contributed by atoms with Crippen molar-refractivity contribution < 1.29 is 4.79 Å². The lowest BCUT2D eigenvalue weighted by molar-refractivity contribution is -0.137. The number of rotatable bonds is 3. The SMILES string of the molecule is C[C@H](c1ccsc1)N1CCN(C(=O)C2CC=CC2)CC1. The fourth-order valence-corrected chi connectivity index (χ4v) is 3.88.